The second-order valence-corrected chi connectivity index (χ2v) is 3.60. The van der Waals surface area contributed by atoms with Gasteiger partial charge in [-0.2, -0.15) is 0 Å². The second kappa shape index (κ2) is 5.25. The molecule has 0 unspecified atom stereocenters. The summed E-state index contributed by atoms with van der Waals surface area (Å²) < 4.78 is 1.72. The van der Waals surface area contributed by atoms with Crippen LogP contribution in [0.2, 0.25) is 0 Å². The molecule has 0 fully saturated rings. The highest BCUT2D eigenvalue weighted by Gasteiger charge is 2.06. The third kappa shape index (κ3) is 2.69. The Hall–Kier alpha value is -2.17. The van der Waals surface area contributed by atoms with Crippen LogP contribution in [0.4, 0.5) is 0 Å². The van der Waals surface area contributed by atoms with E-state index in [1.165, 1.54) is 0 Å². The van der Waals surface area contributed by atoms with Gasteiger partial charge in [-0.05, 0) is 12.1 Å². The first kappa shape index (κ1) is 11.3. The van der Waals surface area contributed by atoms with Gasteiger partial charge in [0.2, 0.25) is 5.91 Å². The zero-order valence-electron chi connectivity index (χ0n) is 9.63. The largest absolute Gasteiger partial charge is 0.350 e. The van der Waals surface area contributed by atoms with E-state index in [1.54, 1.807) is 10.9 Å². The lowest BCUT2D eigenvalue weighted by Crippen LogP contribution is -2.23. The molecular weight excluding hydrogens is 216 g/mol. The summed E-state index contributed by atoms with van der Waals surface area (Å²) >= 11 is 0. The van der Waals surface area contributed by atoms with Crippen molar-refractivity contribution in [2.24, 2.45) is 0 Å². The quantitative estimate of drug-likeness (QED) is 0.861. The van der Waals surface area contributed by atoms with Gasteiger partial charge in [0, 0.05) is 6.42 Å². The standard InChI is InChI=1S/C12H14N4O/c1-2-12(17)13-8-11-9-14-15-16(11)10-6-4-3-5-7-10/h3-7,9H,2,8H2,1H3,(H,13,17). The SMILES string of the molecule is CCC(=O)NCc1cnnn1-c1ccccc1. The number of nitrogens with one attached hydrogen (secondary N) is 1. The molecule has 1 amide bonds. The minimum absolute atomic E-state index is 0.0193. The Morgan fingerprint density at radius 1 is 1.35 bits per heavy atom. The van der Waals surface area contributed by atoms with Crippen molar-refractivity contribution in [2.45, 2.75) is 19.9 Å². The molecule has 1 heterocycles. The van der Waals surface area contributed by atoms with Crippen molar-refractivity contribution in [1.29, 1.82) is 0 Å². The highest BCUT2D eigenvalue weighted by molar-refractivity contribution is 5.75. The van der Waals surface area contributed by atoms with Crippen LogP contribution in [-0.4, -0.2) is 20.9 Å². The van der Waals surface area contributed by atoms with Crippen LogP contribution in [0, 0.1) is 0 Å². The smallest absolute Gasteiger partial charge is 0.220 e. The molecule has 17 heavy (non-hydrogen) atoms. The van der Waals surface area contributed by atoms with Crippen LogP contribution in [-0.2, 0) is 11.3 Å². The molecule has 0 aliphatic heterocycles. The molecule has 0 saturated heterocycles. The Bertz CT molecular complexity index is 492. The van der Waals surface area contributed by atoms with Crippen LogP contribution < -0.4 is 5.32 Å². The first-order valence-electron chi connectivity index (χ1n) is 5.53. The molecule has 0 aliphatic carbocycles. The molecular formula is C12H14N4O. The average molecular weight is 230 g/mol. The van der Waals surface area contributed by atoms with E-state index in [0.717, 1.165) is 11.4 Å². The maximum Gasteiger partial charge on any atom is 0.220 e. The minimum Gasteiger partial charge on any atom is -0.350 e. The van der Waals surface area contributed by atoms with E-state index < -0.39 is 0 Å². The van der Waals surface area contributed by atoms with Gasteiger partial charge in [0.05, 0.1) is 24.1 Å². The zero-order chi connectivity index (χ0) is 12.1. The van der Waals surface area contributed by atoms with Gasteiger partial charge < -0.3 is 5.32 Å². The monoisotopic (exact) mass is 230 g/mol. The molecule has 0 aliphatic rings. The van der Waals surface area contributed by atoms with Crippen molar-refractivity contribution < 1.29 is 4.79 Å². The number of hydrogen-bond acceptors (Lipinski definition) is 3. The Morgan fingerprint density at radius 2 is 2.12 bits per heavy atom. The molecule has 0 radical (unpaired) electrons. The lowest BCUT2D eigenvalue weighted by molar-refractivity contribution is -0.120. The van der Waals surface area contributed by atoms with E-state index in [-0.39, 0.29) is 5.91 Å². The van der Waals surface area contributed by atoms with Crippen molar-refractivity contribution in [3.05, 3.63) is 42.2 Å². The van der Waals surface area contributed by atoms with Gasteiger partial charge in [-0.15, -0.1) is 5.10 Å². The third-order valence-electron chi connectivity index (χ3n) is 2.41. The summed E-state index contributed by atoms with van der Waals surface area (Å²) in [6, 6.07) is 9.70. The number of carbonyl (C=O) groups excluding carboxylic acids is 1. The Morgan fingerprint density at radius 3 is 2.82 bits per heavy atom. The summed E-state index contributed by atoms with van der Waals surface area (Å²) in [6.07, 6.45) is 2.13. The number of aromatic nitrogens is 3. The topological polar surface area (TPSA) is 59.8 Å². The summed E-state index contributed by atoms with van der Waals surface area (Å²) in [5.41, 5.74) is 1.80. The van der Waals surface area contributed by atoms with Crippen LogP contribution in [0.5, 0.6) is 0 Å². The lowest BCUT2D eigenvalue weighted by Gasteiger charge is -2.06. The molecule has 0 bridgehead atoms. The van der Waals surface area contributed by atoms with E-state index in [9.17, 15) is 4.79 Å². The van der Waals surface area contributed by atoms with Crippen molar-refractivity contribution >= 4 is 5.91 Å². The third-order valence-corrected chi connectivity index (χ3v) is 2.41. The van der Waals surface area contributed by atoms with E-state index in [1.807, 2.05) is 37.3 Å². The van der Waals surface area contributed by atoms with Crippen molar-refractivity contribution in [3.63, 3.8) is 0 Å². The van der Waals surface area contributed by atoms with Crippen molar-refractivity contribution in [2.75, 3.05) is 0 Å². The molecule has 1 N–H and O–H groups in total. The molecule has 5 heteroatoms. The number of para-hydroxylation sites is 1. The van der Waals surface area contributed by atoms with Crippen LogP contribution >= 0.6 is 0 Å². The predicted octanol–water partition coefficient (Wildman–Crippen LogP) is 1.29. The molecule has 5 nitrogen and oxygen atoms in total. The molecule has 0 spiro atoms. The zero-order valence-corrected chi connectivity index (χ0v) is 9.63. The molecule has 88 valence electrons. The number of benzene rings is 1. The molecule has 0 saturated carbocycles. The fraction of sp³-hybridized carbons (Fsp3) is 0.250. The van der Waals surface area contributed by atoms with Crippen molar-refractivity contribution in [3.8, 4) is 5.69 Å². The van der Waals surface area contributed by atoms with Gasteiger partial charge in [0.25, 0.3) is 0 Å². The lowest BCUT2D eigenvalue weighted by atomic mass is 10.3. The maximum atomic E-state index is 11.2. The Balaban J connectivity index is 2.15. The highest BCUT2D eigenvalue weighted by Crippen LogP contribution is 2.08. The molecule has 1 aromatic carbocycles. The second-order valence-electron chi connectivity index (χ2n) is 3.60. The number of carbonyl (C=O) groups is 1. The first-order chi connectivity index (χ1) is 8.31. The van der Waals surface area contributed by atoms with Gasteiger partial charge in [-0.3, -0.25) is 4.79 Å². The summed E-state index contributed by atoms with van der Waals surface area (Å²) in [7, 11) is 0. The van der Waals surface area contributed by atoms with Gasteiger partial charge in [-0.25, -0.2) is 4.68 Å². The average Bonchev–Trinajstić information content (AvgIpc) is 2.85. The number of amides is 1. The first-order valence-corrected chi connectivity index (χ1v) is 5.53. The molecule has 0 atom stereocenters. The minimum atomic E-state index is 0.0193. The maximum absolute atomic E-state index is 11.2. The Labute approximate surface area is 99.5 Å². The predicted molar refractivity (Wildman–Crippen MR) is 63.5 cm³/mol. The number of hydrogen-bond donors (Lipinski definition) is 1. The van der Waals surface area contributed by atoms with Gasteiger partial charge in [0.15, 0.2) is 0 Å². The van der Waals surface area contributed by atoms with Crippen molar-refractivity contribution in [1.82, 2.24) is 20.3 Å². The van der Waals surface area contributed by atoms with E-state index in [0.29, 0.717) is 13.0 Å². The summed E-state index contributed by atoms with van der Waals surface area (Å²) in [5.74, 6) is 0.0193. The van der Waals surface area contributed by atoms with E-state index >= 15 is 0 Å². The van der Waals surface area contributed by atoms with Crippen LogP contribution in [0.25, 0.3) is 5.69 Å². The van der Waals surface area contributed by atoms with E-state index in [4.69, 9.17) is 0 Å². The van der Waals surface area contributed by atoms with E-state index in [2.05, 4.69) is 15.6 Å². The molecule has 2 rings (SSSR count). The molecule has 1 aromatic heterocycles. The number of rotatable bonds is 4. The van der Waals surface area contributed by atoms with Crippen LogP contribution in [0.1, 0.15) is 19.0 Å². The Kier molecular flexibility index (Phi) is 3.49. The summed E-state index contributed by atoms with van der Waals surface area (Å²) in [4.78, 5) is 11.2. The molecule has 2 aromatic rings. The highest BCUT2D eigenvalue weighted by atomic mass is 16.1. The fourth-order valence-electron chi connectivity index (χ4n) is 1.48. The summed E-state index contributed by atoms with van der Waals surface area (Å²) in [6.45, 7) is 2.26. The fourth-order valence-corrected chi connectivity index (χ4v) is 1.48. The van der Waals surface area contributed by atoms with Gasteiger partial charge in [-0.1, -0.05) is 30.3 Å². The normalized spacial score (nSPS) is 10.2. The van der Waals surface area contributed by atoms with Crippen LogP contribution in [0.3, 0.4) is 0 Å². The number of nitrogens with zero attached hydrogens (tertiary/aromatic N) is 3. The van der Waals surface area contributed by atoms with Crippen LogP contribution in [0.15, 0.2) is 36.5 Å². The summed E-state index contributed by atoms with van der Waals surface area (Å²) in [5, 5.41) is 10.7. The van der Waals surface area contributed by atoms with Gasteiger partial charge >= 0.3 is 0 Å². The van der Waals surface area contributed by atoms with Gasteiger partial charge in [0.1, 0.15) is 0 Å².